The summed E-state index contributed by atoms with van der Waals surface area (Å²) in [5.41, 5.74) is 5.46. The van der Waals surface area contributed by atoms with E-state index in [9.17, 15) is 0 Å². The van der Waals surface area contributed by atoms with Crippen molar-refractivity contribution in [2.24, 2.45) is 0 Å². The van der Waals surface area contributed by atoms with Crippen LogP contribution in [-0.2, 0) is 0 Å². The van der Waals surface area contributed by atoms with Gasteiger partial charge in [0.15, 0.2) is 0 Å². The molecule has 4 nitrogen and oxygen atoms in total. The maximum absolute atomic E-state index is 6.41. The van der Waals surface area contributed by atoms with Crippen LogP contribution in [0.3, 0.4) is 0 Å². The van der Waals surface area contributed by atoms with Crippen molar-refractivity contribution in [2.45, 2.75) is 39.7 Å². The van der Waals surface area contributed by atoms with Crippen molar-refractivity contribution in [3.63, 3.8) is 0 Å². The second-order valence-corrected chi connectivity index (χ2v) is 9.49. The zero-order chi connectivity index (χ0) is 24.8. The fourth-order valence-corrected chi connectivity index (χ4v) is 4.76. The van der Waals surface area contributed by atoms with Gasteiger partial charge in [0.1, 0.15) is 29.5 Å². The number of para-hydroxylation sites is 1. The third-order valence-corrected chi connectivity index (χ3v) is 6.58. The van der Waals surface area contributed by atoms with Gasteiger partial charge in [0.2, 0.25) is 0 Å². The first-order chi connectivity index (χ1) is 17.0. The summed E-state index contributed by atoms with van der Waals surface area (Å²) in [6.07, 6.45) is 0.782. The molecule has 0 N–H and O–H groups in total. The van der Waals surface area contributed by atoms with Crippen molar-refractivity contribution in [3.8, 4) is 17.2 Å². The minimum atomic E-state index is -0.354. The third kappa shape index (κ3) is 5.71. The molecule has 0 saturated heterocycles. The number of rotatable bonds is 9. The molecule has 4 heteroatoms. The molecule has 0 fully saturated rings. The first kappa shape index (κ1) is 24.9. The van der Waals surface area contributed by atoms with Crippen molar-refractivity contribution in [3.05, 3.63) is 89.5 Å². The van der Waals surface area contributed by atoms with Crippen molar-refractivity contribution in [1.29, 1.82) is 0 Å². The largest absolute Gasteiger partial charge is 0.497 e. The lowest BCUT2D eigenvalue weighted by Crippen LogP contribution is -2.32. The van der Waals surface area contributed by atoms with Gasteiger partial charge in [0.25, 0.3) is 0 Å². The van der Waals surface area contributed by atoms with E-state index in [1.807, 2.05) is 12.1 Å². The van der Waals surface area contributed by atoms with Gasteiger partial charge in [0.05, 0.1) is 7.11 Å². The summed E-state index contributed by atoms with van der Waals surface area (Å²) in [5.74, 6) is 2.55. The van der Waals surface area contributed by atoms with Crippen LogP contribution in [-0.4, -0.2) is 43.9 Å². The molecule has 184 valence electrons. The smallest absolute Gasteiger partial charge is 0.131 e. The topological polar surface area (TPSA) is 30.9 Å². The SMILES string of the molecule is CCN(CC)CCOc1ccccc1/C(=C1/CC(C)(C)Oc2cc(OC)ccc21)c1ccccc1. The number of hydrogen-bond donors (Lipinski definition) is 0. The van der Waals surface area contributed by atoms with Gasteiger partial charge in [-0.3, -0.25) is 0 Å². The Hall–Kier alpha value is -3.24. The fourth-order valence-electron chi connectivity index (χ4n) is 4.76. The molecule has 0 aromatic heterocycles. The van der Waals surface area contributed by atoms with E-state index in [0.29, 0.717) is 6.61 Å². The van der Waals surface area contributed by atoms with E-state index >= 15 is 0 Å². The maximum atomic E-state index is 6.41. The first-order valence-electron chi connectivity index (χ1n) is 12.6. The van der Waals surface area contributed by atoms with Crippen LogP contribution in [0.1, 0.15) is 50.8 Å². The van der Waals surface area contributed by atoms with Crippen molar-refractivity contribution in [1.82, 2.24) is 4.90 Å². The average Bonchev–Trinajstić information content (AvgIpc) is 2.87. The highest BCUT2D eigenvalue weighted by atomic mass is 16.5. The Morgan fingerprint density at radius 3 is 2.37 bits per heavy atom. The van der Waals surface area contributed by atoms with Crippen LogP contribution in [0.4, 0.5) is 0 Å². The average molecular weight is 472 g/mol. The van der Waals surface area contributed by atoms with Crippen molar-refractivity contribution in [2.75, 3.05) is 33.4 Å². The molecule has 1 heterocycles. The summed E-state index contributed by atoms with van der Waals surface area (Å²) in [4.78, 5) is 2.38. The number of methoxy groups -OCH3 is 1. The van der Waals surface area contributed by atoms with Crippen LogP contribution in [0, 0.1) is 0 Å². The van der Waals surface area contributed by atoms with Crippen molar-refractivity contribution >= 4 is 11.1 Å². The molecule has 0 saturated carbocycles. The van der Waals surface area contributed by atoms with E-state index in [1.165, 1.54) is 16.7 Å². The van der Waals surface area contributed by atoms with E-state index in [4.69, 9.17) is 14.2 Å². The van der Waals surface area contributed by atoms with Crippen LogP contribution < -0.4 is 14.2 Å². The molecule has 3 aromatic rings. The summed E-state index contributed by atoms with van der Waals surface area (Å²) in [7, 11) is 1.69. The Labute approximate surface area is 210 Å². The maximum Gasteiger partial charge on any atom is 0.131 e. The molecule has 0 unspecified atom stereocenters. The monoisotopic (exact) mass is 471 g/mol. The number of likely N-dealkylation sites (N-methyl/N-ethyl adjacent to an activating group) is 1. The predicted molar refractivity (Wildman–Crippen MR) is 144 cm³/mol. The second kappa shape index (κ2) is 11.0. The van der Waals surface area contributed by atoms with E-state index in [-0.39, 0.29) is 5.60 Å². The highest BCUT2D eigenvalue weighted by Gasteiger charge is 2.33. The van der Waals surface area contributed by atoms with E-state index in [2.05, 4.69) is 93.3 Å². The Balaban J connectivity index is 1.87. The molecular weight excluding hydrogens is 434 g/mol. The minimum Gasteiger partial charge on any atom is -0.497 e. The Morgan fingerprint density at radius 1 is 0.943 bits per heavy atom. The number of fused-ring (bicyclic) bond motifs is 1. The van der Waals surface area contributed by atoms with Gasteiger partial charge >= 0.3 is 0 Å². The molecule has 3 aromatic carbocycles. The molecule has 1 aliphatic rings. The normalized spacial score (nSPS) is 15.8. The van der Waals surface area contributed by atoms with Gasteiger partial charge in [-0.25, -0.2) is 0 Å². The Kier molecular flexibility index (Phi) is 7.82. The lowest BCUT2D eigenvalue weighted by atomic mass is 9.81. The first-order valence-corrected chi connectivity index (χ1v) is 12.6. The second-order valence-electron chi connectivity index (χ2n) is 9.49. The molecule has 0 aliphatic carbocycles. The molecule has 4 rings (SSSR count). The lowest BCUT2D eigenvalue weighted by molar-refractivity contribution is 0.107. The standard InChI is InChI=1S/C31H37NO3/c1-6-32(7-2)19-20-34-28-16-12-11-15-26(28)30(23-13-9-8-10-14-23)27-22-31(3,4)35-29-21-24(33-5)17-18-25(27)29/h8-18,21H,6-7,19-20,22H2,1-5H3/b30-27-. The Bertz CT molecular complexity index is 1160. The summed E-state index contributed by atoms with van der Waals surface area (Å²) in [5, 5.41) is 0. The molecule has 0 atom stereocenters. The van der Waals surface area contributed by atoms with Gasteiger partial charge in [-0.15, -0.1) is 0 Å². The highest BCUT2D eigenvalue weighted by Crippen LogP contribution is 2.47. The molecule has 0 bridgehead atoms. The summed E-state index contributed by atoms with van der Waals surface area (Å²) in [6, 6.07) is 25.1. The van der Waals surface area contributed by atoms with Gasteiger partial charge < -0.3 is 19.1 Å². The Morgan fingerprint density at radius 2 is 1.66 bits per heavy atom. The van der Waals surface area contributed by atoms with Crippen LogP contribution in [0.15, 0.2) is 72.8 Å². The van der Waals surface area contributed by atoms with Crippen LogP contribution >= 0.6 is 0 Å². The molecule has 0 amide bonds. The van der Waals surface area contributed by atoms with Crippen LogP contribution in [0.25, 0.3) is 11.1 Å². The summed E-state index contributed by atoms with van der Waals surface area (Å²) < 4.78 is 18.3. The molecule has 35 heavy (non-hydrogen) atoms. The minimum absolute atomic E-state index is 0.354. The zero-order valence-electron chi connectivity index (χ0n) is 21.6. The van der Waals surface area contributed by atoms with E-state index in [1.54, 1.807) is 7.11 Å². The fraction of sp³-hybridized carbons (Fsp3) is 0.355. The van der Waals surface area contributed by atoms with Crippen molar-refractivity contribution < 1.29 is 14.2 Å². The van der Waals surface area contributed by atoms with Gasteiger partial charge in [0, 0.05) is 30.2 Å². The van der Waals surface area contributed by atoms with Crippen LogP contribution in [0.5, 0.6) is 17.2 Å². The molecule has 1 aliphatic heterocycles. The zero-order valence-corrected chi connectivity index (χ0v) is 21.6. The van der Waals surface area contributed by atoms with E-state index in [0.717, 1.165) is 54.4 Å². The number of nitrogens with zero attached hydrogens (tertiary/aromatic N) is 1. The predicted octanol–water partition coefficient (Wildman–Crippen LogP) is 6.94. The number of hydrogen-bond acceptors (Lipinski definition) is 4. The quantitative estimate of drug-likeness (QED) is 0.338. The third-order valence-electron chi connectivity index (χ3n) is 6.58. The van der Waals surface area contributed by atoms with Gasteiger partial charge in [-0.1, -0.05) is 62.4 Å². The van der Waals surface area contributed by atoms with Gasteiger partial charge in [-0.05, 0) is 61.8 Å². The number of ether oxygens (including phenoxy) is 3. The molecule has 0 spiro atoms. The summed E-state index contributed by atoms with van der Waals surface area (Å²) in [6.45, 7) is 12.3. The summed E-state index contributed by atoms with van der Waals surface area (Å²) >= 11 is 0. The molecular formula is C31H37NO3. The van der Waals surface area contributed by atoms with E-state index < -0.39 is 0 Å². The van der Waals surface area contributed by atoms with Crippen LogP contribution in [0.2, 0.25) is 0 Å². The molecule has 0 radical (unpaired) electrons. The lowest BCUT2D eigenvalue weighted by Gasteiger charge is -2.36. The highest BCUT2D eigenvalue weighted by molar-refractivity contribution is 6.01. The number of benzene rings is 3. The van der Waals surface area contributed by atoms with Gasteiger partial charge in [-0.2, -0.15) is 0 Å².